The van der Waals surface area contributed by atoms with Crippen molar-refractivity contribution in [2.45, 2.75) is 0 Å². The molecule has 2 aromatic rings. The number of halogens is 3. The summed E-state index contributed by atoms with van der Waals surface area (Å²) in [5.41, 5.74) is 0.214. The first-order valence-corrected chi connectivity index (χ1v) is 5.70. The fraction of sp³-hybridized carbons (Fsp3) is 0. The molecule has 0 saturated heterocycles. The molecule has 1 N–H and O–H groups in total. The van der Waals surface area contributed by atoms with Gasteiger partial charge >= 0.3 is 0 Å². The van der Waals surface area contributed by atoms with Crippen molar-refractivity contribution >= 4 is 34.8 Å². The first-order chi connectivity index (χ1) is 8.58. The van der Waals surface area contributed by atoms with Crippen molar-refractivity contribution in [3.63, 3.8) is 0 Å². The third-order valence-corrected chi connectivity index (χ3v) is 2.70. The monoisotopic (exact) mass is 284 g/mol. The minimum absolute atomic E-state index is 0.0755. The number of rotatable bonds is 2. The van der Waals surface area contributed by atoms with Gasteiger partial charge in [0.15, 0.2) is 0 Å². The predicted molar refractivity (Wildman–Crippen MR) is 68.6 cm³/mol. The standard InChI is InChI=1S/C12H7Cl2FN2O/c13-8-6-16-11(14)5-7(8)12(18)17-10-4-2-1-3-9(10)15/h1-6H,(H,17,18). The van der Waals surface area contributed by atoms with Gasteiger partial charge in [0.05, 0.1) is 16.3 Å². The molecule has 0 bridgehead atoms. The van der Waals surface area contributed by atoms with E-state index in [1.807, 2.05) is 0 Å². The van der Waals surface area contributed by atoms with Gasteiger partial charge in [0.25, 0.3) is 5.91 Å². The number of amides is 1. The minimum atomic E-state index is -0.547. The Hall–Kier alpha value is -1.65. The Balaban J connectivity index is 2.28. The van der Waals surface area contributed by atoms with Crippen molar-refractivity contribution in [3.8, 4) is 0 Å². The molecule has 0 aliphatic carbocycles. The van der Waals surface area contributed by atoms with Crippen molar-refractivity contribution in [3.05, 3.63) is 58.1 Å². The fourth-order valence-electron chi connectivity index (χ4n) is 1.34. The summed E-state index contributed by atoms with van der Waals surface area (Å²) in [7, 11) is 0. The van der Waals surface area contributed by atoms with E-state index < -0.39 is 11.7 Å². The molecule has 0 spiro atoms. The quantitative estimate of drug-likeness (QED) is 0.853. The minimum Gasteiger partial charge on any atom is -0.319 e. The average molecular weight is 285 g/mol. The molecule has 3 nitrogen and oxygen atoms in total. The van der Waals surface area contributed by atoms with Gasteiger partial charge in [-0.2, -0.15) is 0 Å². The Bertz CT molecular complexity index is 604. The van der Waals surface area contributed by atoms with Gasteiger partial charge in [-0.15, -0.1) is 0 Å². The number of anilines is 1. The van der Waals surface area contributed by atoms with E-state index in [1.54, 1.807) is 6.07 Å². The molecule has 0 atom stereocenters. The van der Waals surface area contributed by atoms with Crippen LogP contribution in [0.4, 0.5) is 10.1 Å². The summed E-state index contributed by atoms with van der Waals surface area (Å²) >= 11 is 11.5. The number of nitrogens with one attached hydrogen (secondary N) is 1. The van der Waals surface area contributed by atoms with Crippen molar-refractivity contribution < 1.29 is 9.18 Å². The van der Waals surface area contributed by atoms with E-state index in [0.29, 0.717) is 0 Å². The molecular formula is C12H7Cl2FN2O. The molecule has 0 radical (unpaired) electrons. The molecule has 1 aromatic heterocycles. The van der Waals surface area contributed by atoms with E-state index in [9.17, 15) is 9.18 Å². The number of carbonyl (C=O) groups excluding carboxylic acids is 1. The Morgan fingerprint density at radius 3 is 2.72 bits per heavy atom. The molecule has 92 valence electrons. The highest BCUT2D eigenvalue weighted by molar-refractivity contribution is 6.35. The van der Waals surface area contributed by atoms with Crippen molar-refractivity contribution in [2.24, 2.45) is 0 Å². The lowest BCUT2D eigenvalue weighted by atomic mass is 10.2. The summed E-state index contributed by atoms with van der Waals surface area (Å²) in [5, 5.41) is 2.69. The van der Waals surface area contributed by atoms with Gasteiger partial charge in [-0.1, -0.05) is 35.3 Å². The maximum Gasteiger partial charge on any atom is 0.257 e. The van der Waals surface area contributed by atoms with E-state index in [0.717, 1.165) is 0 Å². The summed E-state index contributed by atoms with van der Waals surface area (Å²) in [5.74, 6) is -1.07. The summed E-state index contributed by atoms with van der Waals surface area (Å²) in [6.07, 6.45) is 1.26. The Morgan fingerprint density at radius 2 is 2.00 bits per heavy atom. The molecule has 0 saturated carbocycles. The molecule has 0 aliphatic heterocycles. The second-order valence-electron chi connectivity index (χ2n) is 3.42. The molecule has 1 aromatic carbocycles. The van der Waals surface area contributed by atoms with E-state index in [4.69, 9.17) is 23.2 Å². The van der Waals surface area contributed by atoms with Gasteiger partial charge in [-0.3, -0.25) is 4.79 Å². The molecule has 1 amide bonds. The number of nitrogens with zero attached hydrogens (tertiary/aromatic N) is 1. The fourth-order valence-corrected chi connectivity index (χ4v) is 1.69. The normalized spacial score (nSPS) is 10.2. The van der Waals surface area contributed by atoms with Crippen LogP contribution in [0.1, 0.15) is 10.4 Å². The van der Waals surface area contributed by atoms with Crippen LogP contribution in [0.3, 0.4) is 0 Å². The molecule has 1 heterocycles. The number of hydrogen-bond acceptors (Lipinski definition) is 2. The van der Waals surface area contributed by atoms with Crippen molar-refractivity contribution in [2.75, 3.05) is 5.32 Å². The van der Waals surface area contributed by atoms with E-state index in [-0.39, 0.29) is 21.4 Å². The van der Waals surface area contributed by atoms with Gasteiger partial charge < -0.3 is 5.32 Å². The zero-order valence-electron chi connectivity index (χ0n) is 8.95. The topological polar surface area (TPSA) is 42.0 Å². The number of para-hydroxylation sites is 1. The first-order valence-electron chi connectivity index (χ1n) is 4.95. The van der Waals surface area contributed by atoms with Crippen LogP contribution in [0.2, 0.25) is 10.2 Å². The smallest absolute Gasteiger partial charge is 0.257 e. The molecule has 18 heavy (non-hydrogen) atoms. The highest BCUT2D eigenvalue weighted by Gasteiger charge is 2.13. The van der Waals surface area contributed by atoms with Gasteiger partial charge in [-0.25, -0.2) is 9.37 Å². The van der Waals surface area contributed by atoms with Gasteiger partial charge in [0, 0.05) is 6.20 Å². The third-order valence-electron chi connectivity index (χ3n) is 2.19. The number of aromatic nitrogens is 1. The molecule has 0 unspecified atom stereocenters. The van der Waals surface area contributed by atoms with Crippen molar-refractivity contribution in [1.82, 2.24) is 4.98 Å². The highest BCUT2D eigenvalue weighted by Crippen LogP contribution is 2.20. The second kappa shape index (κ2) is 5.33. The molecule has 0 aliphatic rings. The van der Waals surface area contributed by atoms with E-state index in [2.05, 4.69) is 10.3 Å². The number of benzene rings is 1. The third kappa shape index (κ3) is 2.78. The van der Waals surface area contributed by atoms with Gasteiger partial charge in [0.1, 0.15) is 11.0 Å². The second-order valence-corrected chi connectivity index (χ2v) is 4.22. The van der Waals surface area contributed by atoms with Crippen LogP contribution >= 0.6 is 23.2 Å². The molecule has 6 heteroatoms. The van der Waals surface area contributed by atoms with Crippen LogP contribution in [-0.2, 0) is 0 Å². The maximum atomic E-state index is 13.4. The molecule has 2 rings (SSSR count). The summed E-state index contributed by atoms with van der Waals surface area (Å²) in [6, 6.07) is 7.15. The van der Waals surface area contributed by atoms with Crippen LogP contribution in [-0.4, -0.2) is 10.9 Å². The summed E-state index contributed by atoms with van der Waals surface area (Å²) in [6.45, 7) is 0. The largest absolute Gasteiger partial charge is 0.319 e. The Labute approximate surface area is 113 Å². The number of pyridine rings is 1. The van der Waals surface area contributed by atoms with Crippen LogP contribution in [0.5, 0.6) is 0 Å². The molecular weight excluding hydrogens is 278 g/mol. The van der Waals surface area contributed by atoms with E-state index >= 15 is 0 Å². The number of carbonyl (C=O) groups is 1. The molecule has 0 fully saturated rings. The van der Waals surface area contributed by atoms with Crippen LogP contribution in [0.25, 0.3) is 0 Å². The van der Waals surface area contributed by atoms with Crippen LogP contribution in [0, 0.1) is 5.82 Å². The SMILES string of the molecule is O=C(Nc1ccccc1F)c1cc(Cl)ncc1Cl. The van der Waals surface area contributed by atoms with E-state index in [1.165, 1.54) is 30.5 Å². The average Bonchev–Trinajstić information content (AvgIpc) is 2.35. The summed E-state index contributed by atoms with van der Waals surface area (Å²) in [4.78, 5) is 15.6. The lowest BCUT2D eigenvalue weighted by Gasteiger charge is -2.07. The lowest BCUT2D eigenvalue weighted by Crippen LogP contribution is -2.13. The van der Waals surface area contributed by atoms with Crippen molar-refractivity contribution in [1.29, 1.82) is 0 Å². The number of hydrogen-bond donors (Lipinski definition) is 1. The lowest BCUT2D eigenvalue weighted by molar-refractivity contribution is 0.102. The maximum absolute atomic E-state index is 13.4. The summed E-state index contributed by atoms with van der Waals surface area (Å²) < 4.78 is 13.4. The zero-order valence-corrected chi connectivity index (χ0v) is 10.5. The van der Waals surface area contributed by atoms with Gasteiger partial charge in [-0.05, 0) is 18.2 Å². The first kappa shape index (κ1) is 12.8. The van der Waals surface area contributed by atoms with Crippen LogP contribution < -0.4 is 5.32 Å². The predicted octanol–water partition coefficient (Wildman–Crippen LogP) is 3.78. The Morgan fingerprint density at radius 1 is 1.28 bits per heavy atom. The zero-order chi connectivity index (χ0) is 13.1. The highest BCUT2D eigenvalue weighted by atomic mass is 35.5. The van der Waals surface area contributed by atoms with Gasteiger partial charge in [0.2, 0.25) is 0 Å². The Kier molecular flexibility index (Phi) is 3.79. The van der Waals surface area contributed by atoms with Crippen LogP contribution in [0.15, 0.2) is 36.5 Å².